The molecular formula is C21H28N6O4S. The van der Waals surface area contributed by atoms with Crippen LogP contribution in [0, 0.1) is 0 Å². The highest BCUT2D eigenvalue weighted by molar-refractivity contribution is 7.19. The molecule has 2 fully saturated rings. The molecule has 0 spiro atoms. The third-order valence-corrected chi connectivity index (χ3v) is 6.59. The monoisotopic (exact) mass is 460 g/mol. The maximum atomic E-state index is 12.1. The number of para-hydroxylation sites is 1. The molecular weight excluding hydrogens is 432 g/mol. The molecule has 0 radical (unpaired) electrons. The second-order valence-electron chi connectivity index (χ2n) is 8.02. The first-order valence-corrected chi connectivity index (χ1v) is 11.7. The Bertz CT molecular complexity index is 925. The number of carboxylic acid groups (broad SMARTS) is 1. The summed E-state index contributed by atoms with van der Waals surface area (Å²) in [7, 11) is 0. The highest BCUT2D eigenvalue weighted by Gasteiger charge is 2.22. The van der Waals surface area contributed by atoms with E-state index >= 15 is 0 Å². The average Bonchev–Trinajstić information content (AvgIpc) is 3.46. The Morgan fingerprint density at radius 2 is 1.88 bits per heavy atom. The summed E-state index contributed by atoms with van der Waals surface area (Å²) < 4.78 is 5.41. The van der Waals surface area contributed by atoms with Crippen LogP contribution >= 0.6 is 11.3 Å². The van der Waals surface area contributed by atoms with Gasteiger partial charge in [-0.15, -0.1) is 10.2 Å². The Balaban J connectivity index is 1.25. The number of rotatable bonds is 8. The molecule has 3 N–H and O–H groups in total. The Hall–Kier alpha value is -2.92. The molecule has 1 aromatic carbocycles. The van der Waals surface area contributed by atoms with Crippen molar-refractivity contribution >= 4 is 33.6 Å². The number of hydrogen-bond acceptors (Lipinski definition) is 8. The van der Waals surface area contributed by atoms with Crippen molar-refractivity contribution in [1.29, 1.82) is 0 Å². The van der Waals surface area contributed by atoms with Crippen LogP contribution in [0.1, 0.15) is 31.2 Å². The van der Waals surface area contributed by atoms with Gasteiger partial charge in [0.05, 0.1) is 0 Å². The summed E-state index contributed by atoms with van der Waals surface area (Å²) >= 11 is 1.38. The van der Waals surface area contributed by atoms with E-state index in [9.17, 15) is 9.59 Å². The smallest absolute Gasteiger partial charge is 0.341 e. The molecule has 1 saturated carbocycles. The van der Waals surface area contributed by atoms with Crippen LogP contribution in [0.3, 0.4) is 0 Å². The van der Waals surface area contributed by atoms with Crippen molar-refractivity contribution in [2.45, 2.75) is 38.3 Å². The molecule has 10 nitrogen and oxygen atoms in total. The molecule has 2 amide bonds. The second kappa shape index (κ2) is 10.6. The molecule has 172 valence electrons. The maximum Gasteiger partial charge on any atom is 0.341 e. The van der Waals surface area contributed by atoms with Crippen molar-refractivity contribution in [2.75, 3.05) is 43.0 Å². The molecule has 11 heteroatoms. The molecule has 1 aliphatic carbocycles. The average molecular weight is 461 g/mol. The van der Waals surface area contributed by atoms with Crippen LogP contribution in [-0.2, 0) is 11.3 Å². The molecule has 2 aromatic rings. The van der Waals surface area contributed by atoms with Crippen molar-refractivity contribution in [3.05, 3.63) is 29.8 Å². The van der Waals surface area contributed by atoms with E-state index in [0.29, 0.717) is 17.4 Å². The summed E-state index contributed by atoms with van der Waals surface area (Å²) in [5.41, 5.74) is 0.970. The van der Waals surface area contributed by atoms with Gasteiger partial charge in [-0.3, -0.25) is 10.2 Å². The SMILES string of the molecule is O=C(O)COc1ccccc1CN1CCN(c2nnc(NC(=O)NC3CCCC3)s2)CC1. The number of piperazine rings is 1. The summed E-state index contributed by atoms with van der Waals surface area (Å²) in [4.78, 5) is 27.4. The lowest BCUT2D eigenvalue weighted by Gasteiger charge is -2.34. The molecule has 4 rings (SSSR count). The third kappa shape index (κ3) is 6.07. The summed E-state index contributed by atoms with van der Waals surface area (Å²) in [5, 5.41) is 24.3. The van der Waals surface area contributed by atoms with Crippen LogP contribution in [0.15, 0.2) is 24.3 Å². The van der Waals surface area contributed by atoms with Crippen molar-refractivity contribution in [1.82, 2.24) is 20.4 Å². The zero-order chi connectivity index (χ0) is 22.3. The van der Waals surface area contributed by atoms with Gasteiger partial charge in [-0.05, 0) is 18.9 Å². The van der Waals surface area contributed by atoms with Gasteiger partial charge >= 0.3 is 12.0 Å². The van der Waals surface area contributed by atoms with E-state index < -0.39 is 5.97 Å². The van der Waals surface area contributed by atoms with Gasteiger partial charge < -0.3 is 20.1 Å². The molecule has 1 saturated heterocycles. The standard InChI is InChI=1S/C21H28N6O4S/c28-18(29)14-31-17-8-4-1-5-15(17)13-26-9-11-27(12-10-26)21-25-24-20(32-21)23-19(30)22-16-6-2-3-7-16/h1,4-5,8,16H,2-3,6-7,9-14H2,(H,28,29)(H2,22,23,24,30). The first kappa shape index (κ1) is 22.3. The first-order valence-electron chi connectivity index (χ1n) is 10.9. The van der Waals surface area contributed by atoms with Gasteiger partial charge in [-0.1, -0.05) is 42.4 Å². The van der Waals surface area contributed by atoms with E-state index in [0.717, 1.165) is 49.7 Å². The number of aromatic nitrogens is 2. The maximum absolute atomic E-state index is 12.1. The number of carboxylic acids is 1. The predicted octanol–water partition coefficient (Wildman–Crippen LogP) is 2.39. The number of nitrogens with zero attached hydrogens (tertiary/aromatic N) is 4. The van der Waals surface area contributed by atoms with Crippen LogP contribution in [0.25, 0.3) is 0 Å². The van der Waals surface area contributed by atoms with Crippen LogP contribution in [0.5, 0.6) is 5.75 Å². The molecule has 2 aliphatic rings. The van der Waals surface area contributed by atoms with Crippen LogP contribution in [0.2, 0.25) is 0 Å². The Morgan fingerprint density at radius 3 is 2.62 bits per heavy atom. The lowest BCUT2D eigenvalue weighted by Crippen LogP contribution is -2.46. The Labute approximate surface area is 190 Å². The second-order valence-corrected chi connectivity index (χ2v) is 8.98. The fourth-order valence-electron chi connectivity index (χ4n) is 4.04. The van der Waals surface area contributed by atoms with Crippen molar-refractivity contribution in [2.24, 2.45) is 0 Å². The molecule has 1 aromatic heterocycles. The fourth-order valence-corrected chi connectivity index (χ4v) is 4.83. The zero-order valence-corrected chi connectivity index (χ0v) is 18.6. The van der Waals surface area contributed by atoms with Gasteiger partial charge in [0.1, 0.15) is 5.75 Å². The quantitative estimate of drug-likeness (QED) is 0.549. The van der Waals surface area contributed by atoms with Gasteiger partial charge in [0.2, 0.25) is 10.3 Å². The number of hydrogen-bond donors (Lipinski definition) is 3. The highest BCUT2D eigenvalue weighted by atomic mass is 32.1. The number of ether oxygens (including phenoxy) is 1. The molecule has 0 bridgehead atoms. The minimum atomic E-state index is -0.990. The number of amides is 2. The van der Waals surface area contributed by atoms with E-state index in [4.69, 9.17) is 9.84 Å². The largest absolute Gasteiger partial charge is 0.482 e. The zero-order valence-electron chi connectivity index (χ0n) is 17.8. The van der Waals surface area contributed by atoms with Crippen molar-refractivity contribution < 1.29 is 19.4 Å². The number of benzene rings is 1. The van der Waals surface area contributed by atoms with Crippen LogP contribution in [0.4, 0.5) is 15.1 Å². The lowest BCUT2D eigenvalue weighted by atomic mass is 10.1. The Kier molecular flexibility index (Phi) is 7.38. The van der Waals surface area contributed by atoms with Gasteiger partial charge in [0.25, 0.3) is 0 Å². The Morgan fingerprint density at radius 1 is 1.12 bits per heavy atom. The van der Waals surface area contributed by atoms with E-state index in [1.165, 1.54) is 24.2 Å². The minimum absolute atomic E-state index is 0.215. The molecule has 0 unspecified atom stereocenters. The fraction of sp³-hybridized carbons (Fsp3) is 0.524. The molecule has 1 aliphatic heterocycles. The summed E-state index contributed by atoms with van der Waals surface area (Å²) in [5.74, 6) is -0.386. The van der Waals surface area contributed by atoms with E-state index in [1.54, 1.807) is 6.07 Å². The predicted molar refractivity (Wildman–Crippen MR) is 121 cm³/mol. The number of carbonyl (C=O) groups is 2. The molecule has 32 heavy (non-hydrogen) atoms. The van der Waals surface area contributed by atoms with E-state index in [2.05, 4.69) is 30.6 Å². The van der Waals surface area contributed by atoms with Gasteiger partial charge in [0.15, 0.2) is 6.61 Å². The third-order valence-electron chi connectivity index (χ3n) is 5.69. The number of anilines is 2. The van der Waals surface area contributed by atoms with E-state index in [-0.39, 0.29) is 18.7 Å². The summed E-state index contributed by atoms with van der Waals surface area (Å²) in [6.07, 6.45) is 4.41. The topological polar surface area (TPSA) is 120 Å². The van der Waals surface area contributed by atoms with Crippen molar-refractivity contribution in [3.8, 4) is 5.75 Å². The molecule has 0 atom stereocenters. The van der Waals surface area contributed by atoms with Gasteiger partial charge in [0, 0.05) is 44.3 Å². The highest BCUT2D eigenvalue weighted by Crippen LogP contribution is 2.26. The first-order chi connectivity index (χ1) is 15.6. The van der Waals surface area contributed by atoms with Gasteiger partial charge in [-0.25, -0.2) is 9.59 Å². The number of carbonyl (C=O) groups excluding carboxylic acids is 1. The minimum Gasteiger partial charge on any atom is -0.482 e. The van der Waals surface area contributed by atoms with Crippen LogP contribution in [-0.4, -0.2) is 71.0 Å². The molecule has 2 heterocycles. The normalized spacial score (nSPS) is 17.3. The van der Waals surface area contributed by atoms with Gasteiger partial charge in [-0.2, -0.15) is 0 Å². The summed E-state index contributed by atoms with van der Waals surface area (Å²) in [6, 6.07) is 7.57. The van der Waals surface area contributed by atoms with E-state index in [1.807, 2.05) is 18.2 Å². The summed E-state index contributed by atoms with van der Waals surface area (Å²) in [6.45, 7) is 3.59. The number of nitrogens with one attached hydrogen (secondary N) is 2. The van der Waals surface area contributed by atoms with Crippen molar-refractivity contribution in [3.63, 3.8) is 0 Å². The number of aliphatic carboxylic acids is 1. The lowest BCUT2D eigenvalue weighted by molar-refractivity contribution is -0.139. The van der Waals surface area contributed by atoms with Crippen LogP contribution < -0.4 is 20.3 Å². The number of urea groups is 1.